The van der Waals surface area contributed by atoms with E-state index in [1.165, 1.54) is 0 Å². The van der Waals surface area contributed by atoms with E-state index in [4.69, 9.17) is 0 Å². The number of anilines is 1. The highest BCUT2D eigenvalue weighted by Crippen LogP contribution is 2.46. The van der Waals surface area contributed by atoms with Gasteiger partial charge < -0.3 is 10.2 Å². The van der Waals surface area contributed by atoms with E-state index in [1.54, 1.807) is 13.0 Å². The lowest BCUT2D eigenvalue weighted by Crippen LogP contribution is -2.44. The largest absolute Gasteiger partial charge is 0.365 e. The molecule has 2 aliphatic heterocycles. The van der Waals surface area contributed by atoms with Crippen LogP contribution in [0.5, 0.6) is 0 Å². The molecule has 2 unspecified atom stereocenters. The van der Waals surface area contributed by atoms with E-state index in [0.717, 1.165) is 29.8 Å². The predicted octanol–water partition coefficient (Wildman–Crippen LogP) is 3.10. The molecule has 1 aromatic rings. The molecule has 2 fully saturated rings. The smallest absolute Gasteiger partial charge is 0.273 e. The SMILES string of the molecule is Cc1cc(N2CC3CNCC3C2(C)C)c(Br)cc1[N+](=O)[O-]. The molecule has 0 saturated carbocycles. The molecule has 0 radical (unpaired) electrons. The fourth-order valence-electron chi connectivity index (χ4n) is 3.89. The summed E-state index contributed by atoms with van der Waals surface area (Å²) in [5, 5.41) is 14.5. The zero-order valence-electron chi connectivity index (χ0n) is 12.5. The molecule has 2 heterocycles. The molecular weight excluding hydrogens is 334 g/mol. The number of halogens is 1. The number of hydrogen-bond acceptors (Lipinski definition) is 4. The molecule has 0 bridgehead atoms. The van der Waals surface area contributed by atoms with E-state index < -0.39 is 0 Å². The van der Waals surface area contributed by atoms with Gasteiger partial charge in [0.1, 0.15) is 0 Å². The van der Waals surface area contributed by atoms with Gasteiger partial charge >= 0.3 is 0 Å². The zero-order chi connectivity index (χ0) is 15.4. The van der Waals surface area contributed by atoms with Crippen LogP contribution in [0.25, 0.3) is 0 Å². The second-order valence-corrected chi connectivity index (χ2v) is 7.49. The summed E-state index contributed by atoms with van der Waals surface area (Å²) in [6, 6.07) is 3.57. The number of rotatable bonds is 2. The molecule has 1 aromatic carbocycles. The summed E-state index contributed by atoms with van der Waals surface area (Å²) in [5.41, 5.74) is 2.00. The first-order valence-corrected chi connectivity index (χ1v) is 8.04. The van der Waals surface area contributed by atoms with Crippen molar-refractivity contribution < 1.29 is 4.92 Å². The van der Waals surface area contributed by atoms with E-state index in [0.29, 0.717) is 17.4 Å². The van der Waals surface area contributed by atoms with Crippen LogP contribution in [0.15, 0.2) is 16.6 Å². The van der Waals surface area contributed by atoms with E-state index in [-0.39, 0.29) is 16.1 Å². The van der Waals surface area contributed by atoms with Crippen LogP contribution in [0, 0.1) is 28.9 Å². The lowest BCUT2D eigenvalue weighted by atomic mass is 9.84. The highest BCUT2D eigenvalue weighted by molar-refractivity contribution is 9.10. The van der Waals surface area contributed by atoms with Gasteiger partial charge in [0, 0.05) is 41.3 Å². The van der Waals surface area contributed by atoms with Crippen molar-refractivity contribution in [3.63, 3.8) is 0 Å². The summed E-state index contributed by atoms with van der Waals surface area (Å²) in [6.07, 6.45) is 0. The topological polar surface area (TPSA) is 58.4 Å². The Kier molecular flexibility index (Phi) is 3.48. The van der Waals surface area contributed by atoms with Gasteiger partial charge in [-0.1, -0.05) is 0 Å². The van der Waals surface area contributed by atoms with Crippen molar-refractivity contribution in [3.05, 3.63) is 32.3 Å². The van der Waals surface area contributed by atoms with Crippen LogP contribution in [0.1, 0.15) is 19.4 Å². The standard InChI is InChI=1S/C15H20BrN3O2/c1-9-4-14(12(16)5-13(9)19(20)21)18-8-10-6-17-7-11(10)15(18,2)3/h4-5,10-11,17H,6-8H2,1-3H3. The summed E-state index contributed by atoms with van der Waals surface area (Å²) in [5.74, 6) is 1.28. The summed E-state index contributed by atoms with van der Waals surface area (Å²) in [7, 11) is 0. The Hall–Kier alpha value is -1.14. The summed E-state index contributed by atoms with van der Waals surface area (Å²) in [4.78, 5) is 13.1. The van der Waals surface area contributed by atoms with Gasteiger partial charge in [0.25, 0.3) is 5.69 Å². The Morgan fingerprint density at radius 3 is 2.76 bits per heavy atom. The lowest BCUT2D eigenvalue weighted by molar-refractivity contribution is -0.385. The van der Waals surface area contributed by atoms with Gasteiger partial charge in [0.15, 0.2) is 0 Å². The molecule has 0 spiro atoms. The van der Waals surface area contributed by atoms with Gasteiger partial charge in [-0.2, -0.15) is 0 Å². The number of nitrogens with zero attached hydrogens (tertiary/aromatic N) is 2. The van der Waals surface area contributed by atoms with Crippen LogP contribution in [0.2, 0.25) is 0 Å². The van der Waals surface area contributed by atoms with Crippen molar-refractivity contribution in [1.29, 1.82) is 0 Å². The number of aryl methyl sites for hydroxylation is 1. The lowest BCUT2D eigenvalue weighted by Gasteiger charge is -2.38. The zero-order valence-corrected chi connectivity index (χ0v) is 14.1. The normalized spacial score (nSPS) is 27.0. The molecule has 2 aliphatic rings. The van der Waals surface area contributed by atoms with Gasteiger partial charge in [-0.25, -0.2) is 0 Å². The predicted molar refractivity (Wildman–Crippen MR) is 86.8 cm³/mol. The van der Waals surface area contributed by atoms with Crippen molar-refractivity contribution in [3.8, 4) is 0 Å². The third-order valence-corrected chi connectivity index (χ3v) is 5.75. The maximum Gasteiger partial charge on any atom is 0.273 e. The third kappa shape index (κ3) is 2.25. The monoisotopic (exact) mass is 353 g/mol. The number of hydrogen-bond donors (Lipinski definition) is 1. The maximum absolute atomic E-state index is 11.1. The van der Waals surface area contributed by atoms with E-state index >= 15 is 0 Å². The molecule has 2 atom stereocenters. The number of nitro benzene ring substituents is 1. The Balaban J connectivity index is 2.01. The minimum absolute atomic E-state index is 0.0548. The van der Waals surface area contributed by atoms with Crippen LogP contribution in [0.4, 0.5) is 11.4 Å². The summed E-state index contributed by atoms with van der Waals surface area (Å²) < 4.78 is 0.806. The van der Waals surface area contributed by atoms with Gasteiger partial charge in [-0.3, -0.25) is 10.1 Å². The molecule has 114 valence electrons. The first kappa shape index (κ1) is 14.8. The Morgan fingerprint density at radius 1 is 1.43 bits per heavy atom. The second-order valence-electron chi connectivity index (χ2n) is 6.64. The fraction of sp³-hybridized carbons (Fsp3) is 0.600. The van der Waals surface area contributed by atoms with Crippen LogP contribution in [-0.4, -0.2) is 30.1 Å². The van der Waals surface area contributed by atoms with E-state index in [2.05, 4.69) is 40.0 Å². The fourth-order valence-corrected chi connectivity index (χ4v) is 4.43. The van der Waals surface area contributed by atoms with E-state index in [9.17, 15) is 10.1 Å². The van der Waals surface area contributed by atoms with Gasteiger partial charge in [0.05, 0.1) is 10.6 Å². The Bertz CT molecular complexity index is 603. The average molecular weight is 354 g/mol. The van der Waals surface area contributed by atoms with Gasteiger partial charge in [-0.15, -0.1) is 0 Å². The average Bonchev–Trinajstić information content (AvgIpc) is 2.94. The number of benzene rings is 1. The molecule has 21 heavy (non-hydrogen) atoms. The molecule has 0 aliphatic carbocycles. The van der Waals surface area contributed by atoms with E-state index in [1.807, 2.05) is 6.07 Å². The minimum atomic E-state index is -0.322. The summed E-state index contributed by atoms with van der Waals surface area (Å²) in [6.45, 7) is 9.47. The van der Waals surface area contributed by atoms with Crippen LogP contribution >= 0.6 is 15.9 Å². The van der Waals surface area contributed by atoms with Crippen LogP contribution < -0.4 is 10.2 Å². The Labute approximate surface area is 133 Å². The molecule has 5 nitrogen and oxygen atoms in total. The summed E-state index contributed by atoms with van der Waals surface area (Å²) >= 11 is 3.53. The van der Waals surface area contributed by atoms with Crippen LogP contribution in [0.3, 0.4) is 0 Å². The molecular formula is C15H20BrN3O2. The Morgan fingerprint density at radius 2 is 2.14 bits per heavy atom. The van der Waals surface area contributed by atoms with Crippen molar-refractivity contribution >= 4 is 27.3 Å². The molecule has 1 N–H and O–H groups in total. The van der Waals surface area contributed by atoms with Crippen molar-refractivity contribution in [2.75, 3.05) is 24.5 Å². The number of fused-ring (bicyclic) bond motifs is 1. The second kappa shape index (κ2) is 4.95. The molecule has 3 rings (SSSR count). The first-order valence-electron chi connectivity index (χ1n) is 7.25. The van der Waals surface area contributed by atoms with Gasteiger partial charge in [0.2, 0.25) is 0 Å². The highest BCUT2D eigenvalue weighted by Gasteiger charge is 2.50. The van der Waals surface area contributed by atoms with Crippen molar-refractivity contribution in [2.24, 2.45) is 11.8 Å². The molecule has 6 heteroatoms. The number of nitrogens with one attached hydrogen (secondary N) is 1. The first-order chi connectivity index (χ1) is 9.82. The number of nitro groups is 1. The minimum Gasteiger partial charge on any atom is -0.365 e. The van der Waals surface area contributed by atoms with Gasteiger partial charge in [-0.05, 0) is 54.6 Å². The maximum atomic E-state index is 11.1. The quantitative estimate of drug-likeness (QED) is 0.655. The van der Waals surface area contributed by atoms with Crippen LogP contribution in [-0.2, 0) is 0 Å². The highest BCUT2D eigenvalue weighted by atomic mass is 79.9. The molecule has 0 amide bonds. The van der Waals surface area contributed by atoms with Crippen molar-refractivity contribution in [2.45, 2.75) is 26.3 Å². The molecule has 0 aromatic heterocycles. The van der Waals surface area contributed by atoms with Crippen molar-refractivity contribution in [1.82, 2.24) is 5.32 Å². The molecule has 2 saturated heterocycles. The third-order valence-electron chi connectivity index (χ3n) is 5.11.